The van der Waals surface area contributed by atoms with Gasteiger partial charge in [0, 0.05) is 19.1 Å². The molecule has 0 amide bonds. The molecule has 15 heavy (non-hydrogen) atoms. The van der Waals surface area contributed by atoms with Crippen molar-refractivity contribution in [3.05, 3.63) is 0 Å². The van der Waals surface area contributed by atoms with Crippen molar-refractivity contribution in [2.24, 2.45) is 5.92 Å². The zero-order valence-electron chi connectivity index (χ0n) is 8.65. The Hall–Kier alpha value is -1.23. The third kappa shape index (κ3) is 3.13. The molecule has 0 aromatic rings. The van der Waals surface area contributed by atoms with E-state index in [9.17, 15) is 14.4 Å². The Kier molecular flexibility index (Phi) is 4.42. The van der Waals surface area contributed by atoms with Gasteiger partial charge in [-0.2, -0.15) is 0 Å². The van der Waals surface area contributed by atoms with E-state index in [0.717, 1.165) is 0 Å². The van der Waals surface area contributed by atoms with Crippen LogP contribution in [0.1, 0.15) is 19.8 Å². The van der Waals surface area contributed by atoms with Crippen LogP contribution < -0.4 is 0 Å². The summed E-state index contributed by atoms with van der Waals surface area (Å²) >= 11 is 0. The van der Waals surface area contributed by atoms with E-state index < -0.39 is 17.5 Å². The van der Waals surface area contributed by atoms with E-state index in [1.54, 1.807) is 6.92 Å². The third-order valence-corrected chi connectivity index (χ3v) is 2.28. The second-order valence-corrected chi connectivity index (χ2v) is 3.30. The van der Waals surface area contributed by atoms with Crippen LogP contribution in [0.15, 0.2) is 0 Å². The van der Waals surface area contributed by atoms with Gasteiger partial charge in [0.25, 0.3) is 0 Å². The smallest absolute Gasteiger partial charge is 0.382 e. The Morgan fingerprint density at radius 3 is 2.40 bits per heavy atom. The first-order chi connectivity index (χ1) is 7.16. The summed E-state index contributed by atoms with van der Waals surface area (Å²) in [5.74, 6) is -3.11. The lowest BCUT2D eigenvalue weighted by molar-refractivity contribution is -0.158. The van der Waals surface area contributed by atoms with E-state index in [1.807, 2.05) is 0 Å². The maximum Gasteiger partial charge on any atom is 0.382 e. The van der Waals surface area contributed by atoms with Gasteiger partial charge >= 0.3 is 11.8 Å². The lowest BCUT2D eigenvalue weighted by Crippen LogP contribution is -2.34. The van der Waals surface area contributed by atoms with Gasteiger partial charge in [0.15, 0.2) is 0 Å². The van der Waals surface area contributed by atoms with Crippen molar-refractivity contribution in [1.29, 1.82) is 0 Å². The van der Waals surface area contributed by atoms with E-state index >= 15 is 0 Å². The van der Waals surface area contributed by atoms with Gasteiger partial charge in [-0.1, -0.05) is 0 Å². The molecule has 0 unspecified atom stereocenters. The van der Waals surface area contributed by atoms with Gasteiger partial charge in [-0.05, 0) is 19.8 Å². The van der Waals surface area contributed by atoms with Crippen molar-refractivity contribution >= 4 is 17.5 Å². The van der Waals surface area contributed by atoms with Gasteiger partial charge in [0.05, 0.1) is 6.61 Å². The molecular formula is C10H14O5. The van der Waals surface area contributed by atoms with Crippen molar-refractivity contribution in [2.45, 2.75) is 19.8 Å². The van der Waals surface area contributed by atoms with Crippen molar-refractivity contribution in [1.82, 2.24) is 0 Å². The average Bonchev–Trinajstić information content (AvgIpc) is 2.28. The van der Waals surface area contributed by atoms with Gasteiger partial charge < -0.3 is 9.47 Å². The lowest BCUT2D eigenvalue weighted by atomic mass is 9.93. The molecule has 5 heteroatoms. The van der Waals surface area contributed by atoms with Crippen LogP contribution in [0.4, 0.5) is 0 Å². The summed E-state index contributed by atoms with van der Waals surface area (Å²) < 4.78 is 9.53. The molecule has 0 aromatic carbocycles. The first-order valence-electron chi connectivity index (χ1n) is 4.99. The topological polar surface area (TPSA) is 69.7 Å². The number of rotatable bonds is 4. The molecule has 1 aliphatic heterocycles. The summed E-state index contributed by atoms with van der Waals surface area (Å²) in [6.07, 6.45) is 1.01. The monoisotopic (exact) mass is 214 g/mol. The Morgan fingerprint density at radius 1 is 1.27 bits per heavy atom. The van der Waals surface area contributed by atoms with Crippen LogP contribution >= 0.6 is 0 Å². The normalized spacial score (nSPS) is 17.1. The molecule has 0 N–H and O–H groups in total. The molecule has 1 rings (SSSR count). The van der Waals surface area contributed by atoms with Gasteiger partial charge in [-0.15, -0.1) is 0 Å². The molecule has 84 valence electrons. The van der Waals surface area contributed by atoms with Crippen LogP contribution in [-0.2, 0) is 23.9 Å². The molecule has 1 fully saturated rings. The van der Waals surface area contributed by atoms with Gasteiger partial charge in [0.1, 0.15) is 0 Å². The number of esters is 1. The number of carbonyl (C=O) groups excluding carboxylic acids is 3. The minimum absolute atomic E-state index is 0.103. The summed E-state index contributed by atoms with van der Waals surface area (Å²) in [7, 11) is 0. The number of carbonyl (C=O) groups is 3. The SMILES string of the molecule is CCOC(=O)C(=O)C(=O)C1CCOCC1. The van der Waals surface area contributed by atoms with Crippen LogP contribution in [-0.4, -0.2) is 37.4 Å². The zero-order valence-corrected chi connectivity index (χ0v) is 8.65. The molecular weight excluding hydrogens is 200 g/mol. The zero-order chi connectivity index (χ0) is 11.3. The second kappa shape index (κ2) is 5.60. The number of ether oxygens (including phenoxy) is 2. The summed E-state index contributed by atoms with van der Waals surface area (Å²) in [5.41, 5.74) is 0. The molecule has 0 atom stereocenters. The highest BCUT2D eigenvalue weighted by Crippen LogP contribution is 2.16. The fraction of sp³-hybridized carbons (Fsp3) is 0.700. The van der Waals surface area contributed by atoms with Crippen LogP contribution in [0.3, 0.4) is 0 Å². The molecule has 0 spiro atoms. The minimum atomic E-state index is -1.05. The molecule has 1 aliphatic rings. The molecule has 1 heterocycles. The van der Waals surface area contributed by atoms with Crippen molar-refractivity contribution in [3.63, 3.8) is 0 Å². The van der Waals surface area contributed by atoms with E-state index in [-0.39, 0.29) is 12.5 Å². The Bertz CT molecular complexity index is 265. The van der Waals surface area contributed by atoms with E-state index in [1.165, 1.54) is 0 Å². The molecule has 0 radical (unpaired) electrons. The van der Waals surface area contributed by atoms with Crippen LogP contribution in [0.2, 0.25) is 0 Å². The Morgan fingerprint density at radius 2 is 1.87 bits per heavy atom. The van der Waals surface area contributed by atoms with Crippen molar-refractivity contribution < 1.29 is 23.9 Å². The number of ketones is 2. The maximum atomic E-state index is 11.5. The highest BCUT2D eigenvalue weighted by molar-refractivity contribution is 6.62. The first-order valence-corrected chi connectivity index (χ1v) is 4.99. The predicted octanol–water partition coefficient (Wildman–Crippen LogP) is 0.114. The number of Topliss-reactive ketones (excluding diaryl/α,β-unsaturated/α-hetero) is 2. The second-order valence-electron chi connectivity index (χ2n) is 3.30. The Labute approximate surface area is 87.7 Å². The van der Waals surface area contributed by atoms with Crippen LogP contribution in [0.5, 0.6) is 0 Å². The summed E-state index contributed by atoms with van der Waals surface area (Å²) in [6, 6.07) is 0. The van der Waals surface area contributed by atoms with Crippen LogP contribution in [0.25, 0.3) is 0 Å². The van der Waals surface area contributed by atoms with Crippen molar-refractivity contribution in [3.8, 4) is 0 Å². The largest absolute Gasteiger partial charge is 0.460 e. The first kappa shape index (κ1) is 11.8. The van der Waals surface area contributed by atoms with E-state index in [4.69, 9.17) is 4.74 Å². The standard InChI is InChI=1S/C10H14O5/c1-2-15-10(13)9(12)8(11)7-3-5-14-6-4-7/h7H,2-6H2,1H3. The molecule has 0 aliphatic carbocycles. The fourth-order valence-corrected chi connectivity index (χ4v) is 1.44. The van der Waals surface area contributed by atoms with Gasteiger partial charge in [-0.25, -0.2) is 4.79 Å². The molecule has 0 aromatic heterocycles. The Balaban J connectivity index is 2.51. The summed E-state index contributed by atoms with van der Waals surface area (Å²) in [5, 5.41) is 0. The number of hydrogen-bond acceptors (Lipinski definition) is 5. The van der Waals surface area contributed by atoms with E-state index in [2.05, 4.69) is 4.74 Å². The van der Waals surface area contributed by atoms with E-state index in [0.29, 0.717) is 26.1 Å². The fourth-order valence-electron chi connectivity index (χ4n) is 1.44. The number of hydrogen-bond donors (Lipinski definition) is 0. The highest BCUT2D eigenvalue weighted by Gasteiger charge is 2.32. The predicted molar refractivity (Wildman–Crippen MR) is 50.2 cm³/mol. The maximum absolute atomic E-state index is 11.5. The molecule has 0 saturated carbocycles. The average molecular weight is 214 g/mol. The van der Waals surface area contributed by atoms with Crippen molar-refractivity contribution in [2.75, 3.05) is 19.8 Å². The molecule has 5 nitrogen and oxygen atoms in total. The quantitative estimate of drug-likeness (QED) is 0.377. The third-order valence-electron chi connectivity index (χ3n) is 2.28. The lowest BCUT2D eigenvalue weighted by Gasteiger charge is -2.19. The summed E-state index contributed by atoms with van der Waals surface area (Å²) in [4.78, 5) is 33.8. The molecule has 1 saturated heterocycles. The minimum Gasteiger partial charge on any atom is -0.460 e. The van der Waals surface area contributed by atoms with Gasteiger partial charge in [0.2, 0.25) is 5.78 Å². The van der Waals surface area contributed by atoms with Crippen LogP contribution in [0, 0.1) is 5.92 Å². The molecule has 0 bridgehead atoms. The highest BCUT2D eigenvalue weighted by atomic mass is 16.5. The van der Waals surface area contributed by atoms with Gasteiger partial charge in [-0.3, -0.25) is 9.59 Å². The summed E-state index contributed by atoms with van der Waals surface area (Å²) in [6.45, 7) is 2.62.